The van der Waals surface area contributed by atoms with E-state index < -0.39 is 10.8 Å². The van der Waals surface area contributed by atoms with Crippen molar-refractivity contribution in [2.75, 3.05) is 19.1 Å². The molecule has 0 saturated carbocycles. The van der Waals surface area contributed by atoms with Crippen molar-refractivity contribution in [3.8, 4) is 0 Å². The molecule has 0 aromatic carbocycles. The number of nitrogens with zero attached hydrogens (tertiary/aromatic N) is 2. The highest BCUT2D eigenvalue weighted by atomic mass is 79.9. The van der Waals surface area contributed by atoms with Gasteiger partial charge >= 0.3 is 0 Å². The van der Waals surface area contributed by atoms with Crippen LogP contribution in [0.1, 0.15) is 0 Å². The first-order valence-electron chi connectivity index (χ1n) is 3.94. The number of carbonyl (C=O) groups excluding carboxylic acids is 1. The summed E-state index contributed by atoms with van der Waals surface area (Å²) in [5, 5.41) is 13.4. The molecule has 0 radical (unpaired) electrons. The van der Waals surface area contributed by atoms with Crippen molar-refractivity contribution in [1.29, 1.82) is 0 Å². The fourth-order valence-electron chi connectivity index (χ4n) is 1.00. The Morgan fingerprint density at radius 2 is 2.44 bits per heavy atom. The molecule has 9 heteroatoms. The predicted molar refractivity (Wildman–Crippen MR) is 72.3 cm³/mol. The molecule has 1 atom stereocenters. The number of nitrogens with two attached hydrogens (primary N) is 1. The normalized spacial score (nSPS) is 24.7. The smallest absolute Gasteiger partial charge is 0.241 e. The van der Waals surface area contributed by atoms with Crippen molar-refractivity contribution in [3.63, 3.8) is 0 Å². The van der Waals surface area contributed by atoms with Crippen LogP contribution in [0.25, 0.3) is 0 Å². The van der Waals surface area contributed by atoms with E-state index in [2.05, 4.69) is 15.0 Å². The van der Waals surface area contributed by atoms with Crippen molar-refractivity contribution in [2.45, 2.75) is 5.72 Å². The summed E-state index contributed by atoms with van der Waals surface area (Å²) >= 11 is 2.10. The molecule has 1 unspecified atom stereocenters. The lowest BCUT2D eigenvalue weighted by Gasteiger charge is -2.17. The van der Waals surface area contributed by atoms with Crippen LogP contribution in [0.3, 0.4) is 0 Å². The summed E-state index contributed by atoms with van der Waals surface area (Å²) < 4.78 is 0. The van der Waals surface area contributed by atoms with Crippen molar-refractivity contribution in [2.24, 2.45) is 15.9 Å². The molecule has 1 aliphatic heterocycles. The molecular weight excluding hydrogens is 318 g/mol. The minimum absolute atomic E-state index is 0. The number of rotatable bonds is 3. The van der Waals surface area contributed by atoms with Gasteiger partial charge in [-0.05, 0) is 6.26 Å². The Morgan fingerprint density at radius 3 is 2.81 bits per heavy atom. The molecule has 16 heavy (non-hydrogen) atoms. The second-order valence-corrected chi connectivity index (χ2v) is 4.44. The van der Waals surface area contributed by atoms with Gasteiger partial charge in [0.15, 0.2) is 10.9 Å². The van der Waals surface area contributed by atoms with Gasteiger partial charge in [-0.2, -0.15) is 0 Å². The Morgan fingerprint density at radius 1 is 1.81 bits per heavy atom. The van der Waals surface area contributed by atoms with Gasteiger partial charge in [-0.1, -0.05) is 28.7 Å². The number of amidine groups is 1. The molecule has 0 aromatic rings. The molecule has 0 fully saturated rings. The van der Waals surface area contributed by atoms with Crippen molar-refractivity contribution in [3.05, 3.63) is 0 Å². The highest BCUT2D eigenvalue weighted by molar-refractivity contribution is 8.93. The van der Waals surface area contributed by atoms with E-state index in [1.807, 2.05) is 0 Å². The van der Waals surface area contributed by atoms with E-state index in [-0.39, 0.29) is 33.6 Å². The third-order valence-electron chi connectivity index (χ3n) is 1.66. The van der Waals surface area contributed by atoms with Gasteiger partial charge in [0, 0.05) is 0 Å². The highest BCUT2D eigenvalue weighted by Gasteiger charge is 2.42. The topological polar surface area (TPSA) is 97.3 Å². The third-order valence-corrected chi connectivity index (χ3v) is 3.16. The summed E-state index contributed by atoms with van der Waals surface area (Å²) in [6, 6.07) is 0. The van der Waals surface area contributed by atoms with Gasteiger partial charge in [0.2, 0.25) is 10.8 Å². The van der Waals surface area contributed by atoms with Gasteiger partial charge in [-0.3, -0.25) is 4.79 Å². The zero-order valence-electron chi connectivity index (χ0n) is 8.67. The molecule has 0 amide bonds. The molecule has 0 aliphatic carbocycles. The lowest BCUT2D eigenvalue weighted by molar-refractivity contribution is -0.106. The second-order valence-electron chi connectivity index (χ2n) is 2.67. The summed E-state index contributed by atoms with van der Waals surface area (Å²) in [4.78, 5) is 19.8. The minimum atomic E-state index is -1.66. The number of halogens is 1. The molecule has 0 spiro atoms. The van der Waals surface area contributed by atoms with Crippen LogP contribution in [0.5, 0.6) is 0 Å². The fourth-order valence-corrected chi connectivity index (χ4v) is 2.16. The van der Waals surface area contributed by atoms with Gasteiger partial charge in [-0.15, -0.1) is 17.0 Å². The molecule has 3 N–H and O–H groups in total. The van der Waals surface area contributed by atoms with Gasteiger partial charge in [0.05, 0.1) is 5.75 Å². The third kappa shape index (κ3) is 3.37. The maximum absolute atomic E-state index is 11.5. The van der Waals surface area contributed by atoms with Gasteiger partial charge in [0.1, 0.15) is 7.11 Å². The van der Waals surface area contributed by atoms with E-state index >= 15 is 0 Å². The molecule has 0 saturated heterocycles. The lowest BCUT2D eigenvalue weighted by atomic mass is 10.1. The van der Waals surface area contributed by atoms with Gasteiger partial charge < -0.3 is 15.7 Å². The van der Waals surface area contributed by atoms with Gasteiger partial charge in [-0.25, -0.2) is 4.99 Å². The summed E-state index contributed by atoms with van der Waals surface area (Å²) in [5.74, 6) is 0.174. The summed E-state index contributed by atoms with van der Waals surface area (Å²) in [7, 11) is 1.30. The molecule has 1 heterocycles. The van der Waals surface area contributed by atoms with Crippen LogP contribution in [-0.2, 0) is 9.63 Å². The monoisotopic (exact) mass is 329 g/mol. The average molecular weight is 330 g/mol. The zero-order valence-corrected chi connectivity index (χ0v) is 12.0. The molecule has 0 aromatic heterocycles. The van der Waals surface area contributed by atoms with Crippen molar-refractivity contribution in [1.82, 2.24) is 0 Å². The number of thioether (sulfide) groups is 2. The maximum atomic E-state index is 11.5. The lowest BCUT2D eigenvalue weighted by Crippen LogP contribution is -2.41. The number of aliphatic imine (C=N–C) groups is 1. The first kappa shape index (κ1) is 15.8. The summed E-state index contributed by atoms with van der Waals surface area (Å²) in [6.45, 7) is 0. The zero-order chi connectivity index (χ0) is 11.5. The van der Waals surface area contributed by atoms with E-state index in [0.29, 0.717) is 0 Å². The average Bonchev–Trinajstić information content (AvgIpc) is 2.55. The number of carbonyl (C=O) groups is 1. The van der Waals surface area contributed by atoms with Crippen molar-refractivity contribution >= 4 is 56.5 Å². The minimum Gasteiger partial charge on any atom is -0.399 e. The largest absolute Gasteiger partial charge is 0.399 e. The summed E-state index contributed by atoms with van der Waals surface area (Å²) in [5.41, 5.74) is 3.63. The number of hydrogen-bond acceptors (Lipinski definition) is 8. The Balaban J connectivity index is 0.00000225. The van der Waals surface area contributed by atoms with Gasteiger partial charge in [0.25, 0.3) is 0 Å². The number of oxime groups is 1. The molecule has 0 bridgehead atoms. The molecular formula is C7H12BrN3O3S2. The predicted octanol–water partition coefficient (Wildman–Crippen LogP) is 0.206. The van der Waals surface area contributed by atoms with Crippen LogP contribution in [0.2, 0.25) is 0 Å². The van der Waals surface area contributed by atoms with Crippen LogP contribution < -0.4 is 5.73 Å². The molecule has 1 aliphatic rings. The van der Waals surface area contributed by atoms with E-state index in [9.17, 15) is 9.90 Å². The van der Waals surface area contributed by atoms with E-state index in [4.69, 9.17) is 5.73 Å². The fraction of sp³-hybridized carbons (Fsp3) is 0.571. The second kappa shape index (κ2) is 6.48. The Kier molecular flexibility index (Phi) is 6.38. The van der Waals surface area contributed by atoms with E-state index in [1.54, 1.807) is 6.26 Å². The number of hydrogen-bond donors (Lipinski definition) is 2. The van der Waals surface area contributed by atoms with Crippen LogP contribution in [0.4, 0.5) is 0 Å². The van der Waals surface area contributed by atoms with Crippen LogP contribution in [0.15, 0.2) is 10.1 Å². The highest BCUT2D eigenvalue weighted by Crippen LogP contribution is 2.26. The van der Waals surface area contributed by atoms with Crippen molar-refractivity contribution < 1.29 is 14.7 Å². The van der Waals surface area contributed by atoms with E-state index in [0.717, 1.165) is 11.8 Å². The van der Waals surface area contributed by atoms with E-state index in [1.165, 1.54) is 18.9 Å². The Bertz CT molecular complexity index is 337. The SMILES string of the molecule is Br.CO/N=C(/C(=O)SC)C1(O)CSC(N)=N1. The maximum Gasteiger partial charge on any atom is 0.241 e. The standard InChI is InChI=1S/C7H11N3O3S2.BrH/c1-13-10-4(5(11)14-2)7(12)3-15-6(8)9-7;/h12H,3H2,1-2H3,(H2,8,9);1H/b10-4-;. The Hall–Kier alpha value is -0.250. The van der Waals surface area contributed by atoms with Crippen LogP contribution in [0, 0.1) is 0 Å². The molecule has 6 nitrogen and oxygen atoms in total. The molecule has 92 valence electrons. The first-order chi connectivity index (χ1) is 7.03. The first-order valence-corrected chi connectivity index (χ1v) is 6.15. The quantitative estimate of drug-likeness (QED) is 0.567. The molecule has 1 rings (SSSR count). The van der Waals surface area contributed by atoms with Crippen LogP contribution >= 0.6 is 40.5 Å². The summed E-state index contributed by atoms with van der Waals surface area (Å²) in [6.07, 6.45) is 1.59. The van der Waals surface area contributed by atoms with Crippen LogP contribution in [-0.4, -0.2) is 45.9 Å². The Labute approximate surface area is 112 Å². The number of aliphatic hydroxyl groups is 1.